The van der Waals surface area contributed by atoms with Gasteiger partial charge in [-0.05, 0) is 32.8 Å². The van der Waals surface area contributed by atoms with Crippen LogP contribution in [0, 0.1) is 13.8 Å². The molecule has 0 N–H and O–H groups in total. The standard InChI is InChI=1S/C17H21N5O2/c1-12-7-14(21-11-20-12)3-4-15-10-22(5-6-24-15)17(23)16-9-18-13(2)8-19-16/h7-9,11,15H,3-6,10H2,1-2H3. The Kier molecular flexibility index (Phi) is 5.10. The lowest BCUT2D eigenvalue weighted by atomic mass is 10.1. The number of rotatable bonds is 4. The first kappa shape index (κ1) is 16.4. The van der Waals surface area contributed by atoms with Crippen molar-refractivity contribution < 1.29 is 9.53 Å². The first-order valence-electron chi connectivity index (χ1n) is 8.09. The first-order chi connectivity index (χ1) is 11.6. The molecule has 1 saturated heterocycles. The highest BCUT2D eigenvalue weighted by Crippen LogP contribution is 2.14. The Bertz CT molecular complexity index is 704. The molecule has 3 heterocycles. The van der Waals surface area contributed by atoms with Crippen molar-refractivity contribution in [2.45, 2.75) is 32.8 Å². The van der Waals surface area contributed by atoms with Crippen molar-refractivity contribution >= 4 is 5.91 Å². The number of nitrogens with zero attached hydrogens (tertiary/aromatic N) is 5. The van der Waals surface area contributed by atoms with Gasteiger partial charge in [0, 0.05) is 30.7 Å². The summed E-state index contributed by atoms with van der Waals surface area (Å²) in [5.74, 6) is -0.0892. The van der Waals surface area contributed by atoms with Gasteiger partial charge in [0.15, 0.2) is 0 Å². The van der Waals surface area contributed by atoms with Gasteiger partial charge in [0.1, 0.15) is 12.0 Å². The summed E-state index contributed by atoms with van der Waals surface area (Å²) in [6.07, 6.45) is 6.36. The zero-order chi connectivity index (χ0) is 16.9. The minimum atomic E-state index is -0.0892. The summed E-state index contributed by atoms with van der Waals surface area (Å²) in [5.41, 5.74) is 3.14. The molecule has 3 rings (SSSR count). The van der Waals surface area contributed by atoms with Crippen LogP contribution in [0.3, 0.4) is 0 Å². The van der Waals surface area contributed by atoms with Crippen molar-refractivity contribution in [3.63, 3.8) is 0 Å². The van der Waals surface area contributed by atoms with E-state index < -0.39 is 0 Å². The van der Waals surface area contributed by atoms with Gasteiger partial charge in [0.2, 0.25) is 0 Å². The van der Waals surface area contributed by atoms with Gasteiger partial charge in [-0.15, -0.1) is 0 Å². The quantitative estimate of drug-likeness (QED) is 0.843. The van der Waals surface area contributed by atoms with Crippen molar-refractivity contribution in [3.8, 4) is 0 Å². The van der Waals surface area contributed by atoms with E-state index in [0.717, 1.165) is 29.9 Å². The summed E-state index contributed by atoms with van der Waals surface area (Å²) in [6.45, 7) is 5.49. The van der Waals surface area contributed by atoms with E-state index in [0.29, 0.717) is 25.4 Å². The van der Waals surface area contributed by atoms with Crippen LogP contribution in [0.4, 0.5) is 0 Å². The number of morpholine rings is 1. The van der Waals surface area contributed by atoms with Crippen molar-refractivity contribution in [1.82, 2.24) is 24.8 Å². The van der Waals surface area contributed by atoms with Crippen LogP contribution in [0.5, 0.6) is 0 Å². The van der Waals surface area contributed by atoms with Crippen molar-refractivity contribution in [2.24, 2.45) is 0 Å². The molecule has 1 unspecified atom stereocenters. The summed E-state index contributed by atoms with van der Waals surface area (Å²) in [7, 11) is 0. The summed E-state index contributed by atoms with van der Waals surface area (Å²) in [5, 5.41) is 0. The van der Waals surface area contributed by atoms with Gasteiger partial charge in [0.05, 0.1) is 24.6 Å². The highest BCUT2D eigenvalue weighted by atomic mass is 16.5. The number of carbonyl (C=O) groups is 1. The van der Waals surface area contributed by atoms with E-state index in [-0.39, 0.29) is 12.0 Å². The second-order valence-electron chi connectivity index (χ2n) is 5.98. The maximum absolute atomic E-state index is 12.5. The number of hydrogen-bond donors (Lipinski definition) is 0. The zero-order valence-electron chi connectivity index (χ0n) is 14.0. The van der Waals surface area contributed by atoms with Crippen molar-refractivity contribution in [2.75, 3.05) is 19.7 Å². The highest BCUT2D eigenvalue weighted by molar-refractivity contribution is 5.92. The van der Waals surface area contributed by atoms with Gasteiger partial charge < -0.3 is 9.64 Å². The fourth-order valence-corrected chi connectivity index (χ4v) is 2.70. The number of aromatic nitrogens is 4. The molecular formula is C17H21N5O2. The predicted molar refractivity (Wildman–Crippen MR) is 87.5 cm³/mol. The van der Waals surface area contributed by atoms with Gasteiger partial charge >= 0.3 is 0 Å². The average molecular weight is 327 g/mol. The molecule has 0 aromatic carbocycles. The number of ether oxygens (including phenoxy) is 1. The minimum absolute atomic E-state index is 0.0105. The van der Waals surface area contributed by atoms with Gasteiger partial charge in [-0.25, -0.2) is 15.0 Å². The topological polar surface area (TPSA) is 81.1 Å². The number of amides is 1. The van der Waals surface area contributed by atoms with Crippen molar-refractivity contribution in [1.29, 1.82) is 0 Å². The van der Waals surface area contributed by atoms with E-state index in [2.05, 4.69) is 19.9 Å². The van der Waals surface area contributed by atoms with Gasteiger partial charge in [-0.2, -0.15) is 0 Å². The second kappa shape index (κ2) is 7.44. The Balaban J connectivity index is 1.57. The van der Waals surface area contributed by atoms with E-state index in [1.54, 1.807) is 17.4 Å². The molecule has 1 aliphatic rings. The monoisotopic (exact) mass is 327 g/mol. The van der Waals surface area contributed by atoms with E-state index in [1.807, 2.05) is 19.9 Å². The number of aryl methyl sites for hydroxylation is 3. The third kappa shape index (κ3) is 4.11. The number of carbonyl (C=O) groups excluding carboxylic acids is 1. The molecule has 1 amide bonds. The van der Waals surface area contributed by atoms with E-state index >= 15 is 0 Å². The lowest BCUT2D eigenvalue weighted by Gasteiger charge is -2.32. The van der Waals surface area contributed by atoms with Crippen LogP contribution in [-0.2, 0) is 11.2 Å². The fourth-order valence-electron chi connectivity index (χ4n) is 2.70. The molecule has 2 aromatic rings. The van der Waals surface area contributed by atoms with Crippen LogP contribution in [-0.4, -0.2) is 56.5 Å². The molecule has 0 bridgehead atoms. The first-order valence-corrected chi connectivity index (χ1v) is 8.09. The van der Waals surface area contributed by atoms with Gasteiger partial charge in [-0.1, -0.05) is 0 Å². The summed E-state index contributed by atoms with van der Waals surface area (Å²) < 4.78 is 5.79. The molecule has 2 aromatic heterocycles. The predicted octanol–water partition coefficient (Wildman–Crippen LogP) is 1.36. The second-order valence-corrected chi connectivity index (χ2v) is 5.98. The molecule has 1 fully saturated rings. The van der Waals surface area contributed by atoms with Crippen LogP contribution in [0.1, 0.15) is 34.0 Å². The molecule has 1 aliphatic heterocycles. The van der Waals surface area contributed by atoms with Crippen LogP contribution >= 0.6 is 0 Å². The zero-order valence-corrected chi connectivity index (χ0v) is 14.0. The molecule has 0 radical (unpaired) electrons. The Labute approximate surface area is 141 Å². The smallest absolute Gasteiger partial charge is 0.274 e. The molecule has 126 valence electrons. The van der Waals surface area contributed by atoms with E-state index in [1.165, 1.54) is 6.20 Å². The summed E-state index contributed by atoms with van der Waals surface area (Å²) >= 11 is 0. The fraction of sp³-hybridized carbons (Fsp3) is 0.471. The summed E-state index contributed by atoms with van der Waals surface area (Å²) in [4.78, 5) is 31.0. The van der Waals surface area contributed by atoms with Gasteiger partial charge in [-0.3, -0.25) is 9.78 Å². The molecule has 7 nitrogen and oxygen atoms in total. The van der Waals surface area contributed by atoms with Crippen LogP contribution in [0.25, 0.3) is 0 Å². The van der Waals surface area contributed by atoms with Crippen molar-refractivity contribution in [3.05, 3.63) is 47.6 Å². The SMILES string of the molecule is Cc1cnc(C(=O)N2CCOC(CCc3cc(C)ncn3)C2)cn1. The molecule has 24 heavy (non-hydrogen) atoms. The number of hydrogen-bond acceptors (Lipinski definition) is 6. The third-order valence-electron chi connectivity index (χ3n) is 4.01. The lowest BCUT2D eigenvalue weighted by molar-refractivity contribution is -0.0248. The van der Waals surface area contributed by atoms with Gasteiger partial charge in [0.25, 0.3) is 5.91 Å². The molecule has 1 atom stereocenters. The minimum Gasteiger partial charge on any atom is -0.375 e. The average Bonchev–Trinajstić information content (AvgIpc) is 2.60. The third-order valence-corrected chi connectivity index (χ3v) is 4.01. The molecule has 0 saturated carbocycles. The lowest BCUT2D eigenvalue weighted by Crippen LogP contribution is -2.46. The summed E-state index contributed by atoms with van der Waals surface area (Å²) in [6, 6.07) is 1.98. The molecular weight excluding hydrogens is 306 g/mol. The molecule has 0 aliphatic carbocycles. The Hall–Kier alpha value is -2.41. The van der Waals surface area contributed by atoms with Crippen LogP contribution in [0.15, 0.2) is 24.8 Å². The molecule has 0 spiro atoms. The van der Waals surface area contributed by atoms with Crippen LogP contribution in [0.2, 0.25) is 0 Å². The normalized spacial score (nSPS) is 17.8. The van der Waals surface area contributed by atoms with E-state index in [4.69, 9.17) is 4.74 Å². The van der Waals surface area contributed by atoms with Crippen LogP contribution < -0.4 is 0 Å². The molecule has 7 heteroatoms. The van der Waals surface area contributed by atoms with E-state index in [9.17, 15) is 4.79 Å². The Morgan fingerprint density at radius 2 is 2.08 bits per heavy atom. The maximum atomic E-state index is 12.5. The highest BCUT2D eigenvalue weighted by Gasteiger charge is 2.25. The Morgan fingerprint density at radius 3 is 2.83 bits per heavy atom. The largest absolute Gasteiger partial charge is 0.375 e. The maximum Gasteiger partial charge on any atom is 0.274 e. The Morgan fingerprint density at radius 1 is 1.21 bits per heavy atom.